The van der Waals surface area contributed by atoms with Gasteiger partial charge < -0.3 is 10.6 Å². The molecule has 0 fully saturated rings. The normalized spacial score (nSPS) is 10.5. The van der Waals surface area contributed by atoms with E-state index in [1.165, 1.54) is 4.88 Å². The molecule has 0 radical (unpaired) electrons. The molecule has 2 aromatic rings. The number of nitrogens with one attached hydrogen (secondary N) is 2. The number of anilines is 2. The van der Waals surface area contributed by atoms with Crippen LogP contribution in [0.2, 0.25) is 4.34 Å². The average Bonchev–Trinajstić information content (AvgIpc) is 2.82. The van der Waals surface area contributed by atoms with E-state index in [0.717, 1.165) is 27.6 Å². The molecular formula is C12H14BrClN4S. The Hall–Kier alpha value is -0.850. The number of aromatic nitrogens is 2. The quantitative estimate of drug-likeness (QED) is 0.801. The SMILES string of the molecule is CCCNc1ncc(Br)c(NCc2ccc(Cl)s2)n1. The van der Waals surface area contributed by atoms with Crippen LogP contribution in [0, 0.1) is 0 Å². The standard InChI is InChI=1S/C12H14BrClN4S/c1-2-5-15-12-17-7-9(13)11(18-12)16-6-8-3-4-10(14)19-8/h3-4,7H,2,5-6H2,1H3,(H2,15,16,17,18). The third-order valence-electron chi connectivity index (χ3n) is 2.34. The van der Waals surface area contributed by atoms with Gasteiger partial charge in [-0.3, -0.25) is 0 Å². The molecule has 2 heterocycles. The Bertz CT molecular complexity index is 546. The molecule has 19 heavy (non-hydrogen) atoms. The third-order valence-corrected chi connectivity index (χ3v) is 4.15. The Morgan fingerprint density at radius 3 is 2.89 bits per heavy atom. The summed E-state index contributed by atoms with van der Waals surface area (Å²) in [5.74, 6) is 1.41. The van der Waals surface area contributed by atoms with Crippen LogP contribution in [-0.4, -0.2) is 16.5 Å². The molecule has 102 valence electrons. The molecule has 2 rings (SSSR count). The fourth-order valence-corrected chi connectivity index (χ4v) is 2.79. The minimum absolute atomic E-state index is 0.636. The fraction of sp³-hybridized carbons (Fsp3) is 0.333. The monoisotopic (exact) mass is 360 g/mol. The molecule has 2 N–H and O–H groups in total. The molecule has 0 aliphatic carbocycles. The van der Waals surface area contributed by atoms with Crippen LogP contribution >= 0.6 is 38.9 Å². The van der Waals surface area contributed by atoms with E-state index < -0.39 is 0 Å². The molecule has 0 bridgehead atoms. The number of halogens is 2. The maximum Gasteiger partial charge on any atom is 0.224 e. The molecule has 0 saturated carbocycles. The largest absolute Gasteiger partial charge is 0.364 e. The van der Waals surface area contributed by atoms with Crippen LogP contribution < -0.4 is 10.6 Å². The van der Waals surface area contributed by atoms with Crippen molar-refractivity contribution in [3.8, 4) is 0 Å². The van der Waals surface area contributed by atoms with E-state index in [1.807, 2.05) is 12.1 Å². The minimum Gasteiger partial charge on any atom is -0.364 e. The second-order valence-corrected chi connectivity index (χ2v) is 6.53. The summed E-state index contributed by atoms with van der Waals surface area (Å²) in [5.41, 5.74) is 0. The van der Waals surface area contributed by atoms with Gasteiger partial charge in [0, 0.05) is 17.6 Å². The van der Waals surface area contributed by atoms with E-state index in [1.54, 1.807) is 17.5 Å². The third kappa shape index (κ3) is 4.33. The van der Waals surface area contributed by atoms with Crippen molar-refractivity contribution in [3.05, 3.63) is 32.0 Å². The molecular weight excluding hydrogens is 348 g/mol. The number of nitrogens with zero attached hydrogens (tertiary/aromatic N) is 2. The lowest BCUT2D eigenvalue weighted by molar-refractivity contribution is 0.949. The van der Waals surface area contributed by atoms with Gasteiger partial charge in [0.1, 0.15) is 5.82 Å². The summed E-state index contributed by atoms with van der Waals surface area (Å²) in [7, 11) is 0. The van der Waals surface area contributed by atoms with Gasteiger partial charge in [0.15, 0.2) is 0 Å². The lowest BCUT2D eigenvalue weighted by Gasteiger charge is -2.09. The van der Waals surface area contributed by atoms with E-state index in [9.17, 15) is 0 Å². The number of rotatable bonds is 6. The van der Waals surface area contributed by atoms with Gasteiger partial charge in [0.25, 0.3) is 0 Å². The van der Waals surface area contributed by atoms with Crippen molar-refractivity contribution >= 4 is 50.6 Å². The van der Waals surface area contributed by atoms with Crippen LogP contribution in [0.15, 0.2) is 22.8 Å². The molecule has 2 aromatic heterocycles. The fourth-order valence-electron chi connectivity index (χ4n) is 1.43. The first-order valence-corrected chi connectivity index (χ1v) is 7.92. The second kappa shape index (κ2) is 7.07. The van der Waals surface area contributed by atoms with Crippen molar-refractivity contribution in [2.45, 2.75) is 19.9 Å². The van der Waals surface area contributed by atoms with E-state index in [2.05, 4.69) is 43.5 Å². The minimum atomic E-state index is 0.636. The highest BCUT2D eigenvalue weighted by molar-refractivity contribution is 9.10. The maximum atomic E-state index is 5.90. The Labute approximate surface area is 129 Å². The smallest absolute Gasteiger partial charge is 0.224 e. The highest BCUT2D eigenvalue weighted by Crippen LogP contribution is 2.24. The molecule has 0 aliphatic heterocycles. The Kier molecular flexibility index (Phi) is 5.42. The zero-order valence-corrected chi connectivity index (χ0v) is 13.6. The van der Waals surface area contributed by atoms with Gasteiger partial charge in [-0.2, -0.15) is 4.98 Å². The van der Waals surface area contributed by atoms with Gasteiger partial charge >= 0.3 is 0 Å². The first-order valence-electron chi connectivity index (χ1n) is 5.93. The van der Waals surface area contributed by atoms with Gasteiger partial charge in [0.05, 0.1) is 15.4 Å². The Morgan fingerprint density at radius 1 is 1.37 bits per heavy atom. The first kappa shape index (κ1) is 14.6. The van der Waals surface area contributed by atoms with Gasteiger partial charge in [-0.15, -0.1) is 11.3 Å². The molecule has 0 aromatic carbocycles. The summed E-state index contributed by atoms with van der Waals surface area (Å²) >= 11 is 10.9. The van der Waals surface area contributed by atoms with Crippen molar-refractivity contribution in [1.29, 1.82) is 0 Å². The second-order valence-electron chi connectivity index (χ2n) is 3.88. The number of hydrogen-bond donors (Lipinski definition) is 2. The highest BCUT2D eigenvalue weighted by atomic mass is 79.9. The summed E-state index contributed by atoms with van der Waals surface area (Å²) in [6, 6.07) is 3.90. The lowest BCUT2D eigenvalue weighted by atomic mass is 10.4. The predicted molar refractivity (Wildman–Crippen MR) is 85.2 cm³/mol. The van der Waals surface area contributed by atoms with Crippen LogP contribution in [-0.2, 0) is 6.54 Å². The summed E-state index contributed by atoms with van der Waals surface area (Å²) in [6.45, 7) is 3.66. The lowest BCUT2D eigenvalue weighted by Crippen LogP contribution is -2.07. The Morgan fingerprint density at radius 2 is 2.21 bits per heavy atom. The van der Waals surface area contributed by atoms with E-state index >= 15 is 0 Å². The molecule has 4 nitrogen and oxygen atoms in total. The van der Waals surface area contributed by atoms with Crippen LogP contribution in [0.1, 0.15) is 18.2 Å². The summed E-state index contributed by atoms with van der Waals surface area (Å²) in [5, 5.41) is 6.44. The first-order chi connectivity index (χ1) is 9.19. The molecule has 7 heteroatoms. The molecule has 0 saturated heterocycles. The van der Waals surface area contributed by atoms with Crippen LogP contribution in [0.3, 0.4) is 0 Å². The number of thiophene rings is 1. The molecule has 0 spiro atoms. The van der Waals surface area contributed by atoms with Crippen molar-refractivity contribution in [1.82, 2.24) is 9.97 Å². The zero-order valence-electron chi connectivity index (χ0n) is 10.4. The van der Waals surface area contributed by atoms with Crippen LogP contribution in [0.4, 0.5) is 11.8 Å². The van der Waals surface area contributed by atoms with Crippen molar-refractivity contribution < 1.29 is 0 Å². The summed E-state index contributed by atoms with van der Waals surface area (Å²) < 4.78 is 1.64. The number of hydrogen-bond acceptors (Lipinski definition) is 5. The average molecular weight is 362 g/mol. The molecule has 0 atom stereocenters. The van der Waals surface area contributed by atoms with Crippen molar-refractivity contribution in [3.63, 3.8) is 0 Å². The van der Waals surface area contributed by atoms with Gasteiger partial charge in [-0.25, -0.2) is 4.98 Å². The van der Waals surface area contributed by atoms with Crippen LogP contribution in [0.25, 0.3) is 0 Å². The summed E-state index contributed by atoms with van der Waals surface area (Å²) in [6.07, 6.45) is 2.78. The van der Waals surface area contributed by atoms with Crippen molar-refractivity contribution in [2.75, 3.05) is 17.2 Å². The topological polar surface area (TPSA) is 49.8 Å². The molecule has 0 aliphatic rings. The predicted octanol–water partition coefficient (Wildman–Crippen LogP) is 4.39. The molecule has 0 amide bonds. The van der Waals surface area contributed by atoms with E-state index in [4.69, 9.17) is 11.6 Å². The van der Waals surface area contributed by atoms with E-state index in [0.29, 0.717) is 12.5 Å². The van der Waals surface area contributed by atoms with Crippen LogP contribution in [0.5, 0.6) is 0 Å². The summed E-state index contributed by atoms with van der Waals surface area (Å²) in [4.78, 5) is 9.80. The zero-order chi connectivity index (χ0) is 13.7. The van der Waals surface area contributed by atoms with Crippen molar-refractivity contribution in [2.24, 2.45) is 0 Å². The maximum absolute atomic E-state index is 5.90. The highest BCUT2D eigenvalue weighted by Gasteiger charge is 2.05. The van der Waals surface area contributed by atoms with Gasteiger partial charge in [-0.05, 0) is 34.5 Å². The molecule has 0 unspecified atom stereocenters. The van der Waals surface area contributed by atoms with Gasteiger partial charge in [0.2, 0.25) is 5.95 Å². The van der Waals surface area contributed by atoms with E-state index in [-0.39, 0.29) is 0 Å². The Balaban J connectivity index is 2.02. The van der Waals surface area contributed by atoms with Gasteiger partial charge in [-0.1, -0.05) is 18.5 Å².